The molecule has 0 aliphatic heterocycles. The van der Waals surface area contributed by atoms with Gasteiger partial charge in [-0.25, -0.2) is 4.79 Å². The summed E-state index contributed by atoms with van der Waals surface area (Å²) in [6.07, 6.45) is -0.154. The number of thiophene rings is 1. The monoisotopic (exact) mass is 345 g/mol. The van der Waals surface area contributed by atoms with Gasteiger partial charge in [-0.05, 0) is 30.4 Å². The summed E-state index contributed by atoms with van der Waals surface area (Å²) >= 11 is 1.40. The summed E-state index contributed by atoms with van der Waals surface area (Å²) in [6.45, 7) is 3.59. The van der Waals surface area contributed by atoms with Crippen LogP contribution in [0.4, 0.5) is 0 Å². The van der Waals surface area contributed by atoms with Crippen LogP contribution in [0.25, 0.3) is 0 Å². The third-order valence-electron chi connectivity index (χ3n) is 3.44. The summed E-state index contributed by atoms with van der Waals surface area (Å²) in [4.78, 5) is 35.0. The van der Waals surface area contributed by atoms with Gasteiger partial charge in [0, 0.05) is 24.4 Å². The first-order valence-corrected chi connectivity index (χ1v) is 8.52. The summed E-state index contributed by atoms with van der Waals surface area (Å²) in [5.41, 5.74) is 1.96. The number of carbonyl (C=O) groups is 3. The van der Waals surface area contributed by atoms with Crippen LogP contribution in [0, 0.1) is 0 Å². The number of ether oxygens (including phenoxy) is 1. The number of hydrogen-bond donors (Lipinski definition) is 1. The molecule has 5 nitrogen and oxygen atoms in total. The Morgan fingerprint density at radius 2 is 1.83 bits per heavy atom. The molecule has 1 heterocycles. The van der Waals surface area contributed by atoms with Gasteiger partial charge in [0.05, 0.1) is 5.56 Å². The number of ketones is 1. The lowest BCUT2D eigenvalue weighted by atomic mass is 10.0. The van der Waals surface area contributed by atoms with E-state index in [0.717, 1.165) is 5.56 Å². The van der Waals surface area contributed by atoms with E-state index in [4.69, 9.17) is 4.74 Å². The summed E-state index contributed by atoms with van der Waals surface area (Å²) < 4.78 is 5.20. The fraction of sp³-hybridized carbons (Fsp3) is 0.278. The molecule has 1 N–H and O–H groups in total. The molecular weight excluding hydrogens is 326 g/mol. The van der Waals surface area contributed by atoms with Crippen molar-refractivity contribution >= 4 is 29.0 Å². The van der Waals surface area contributed by atoms with E-state index in [0.29, 0.717) is 24.1 Å². The molecule has 0 fully saturated rings. The third kappa shape index (κ3) is 5.03. The molecule has 0 unspecified atom stereocenters. The lowest BCUT2D eigenvalue weighted by Gasteiger charge is -2.12. The summed E-state index contributed by atoms with van der Waals surface area (Å²) in [6, 6.07) is 8.75. The van der Waals surface area contributed by atoms with E-state index in [-0.39, 0.29) is 11.7 Å². The standard InChI is InChI=1S/C18H19NO4S/c1-12(23-18(22)16-8-10-24-11-16)17(21)15-5-3-14(4-6-15)7-9-19-13(2)20/h3-6,8,10-12H,7,9H2,1-2H3,(H,19,20)/t12-/m1/s1. The molecule has 0 radical (unpaired) electrons. The maximum Gasteiger partial charge on any atom is 0.339 e. The number of carbonyl (C=O) groups excluding carboxylic acids is 3. The van der Waals surface area contributed by atoms with E-state index in [9.17, 15) is 14.4 Å². The molecule has 0 spiro atoms. The molecule has 1 aromatic carbocycles. The van der Waals surface area contributed by atoms with Gasteiger partial charge in [0.15, 0.2) is 6.10 Å². The van der Waals surface area contributed by atoms with Crippen LogP contribution in [0.2, 0.25) is 0 Å². The highest BCUT2D eigenvalue weighted by Crippen LogP contribution is 2.13. The highest BCUT2D eigenvalue weighted by Gasteiger charge is 2.20. The first-order chi connectivity index (χ1) is 11.5. The van der Waals surface area contributed by atoms with E-state index in [1.165, 1.54) is 18.3 Å². The van der Waals surface area contributed by atoms with Gasteiger partial charge < -0.3 is 10.1 Å². The van der Waals surface area contributed by atoms with Crippen molar-refractivity contribution in [2.45, 2.75) is 26.4 Å². The first-order valence-electron chi connectivity index (χ1n) is 7.58. The number of benzene rings is 1. The van der Waals surface area contributed by atoms with Gasteiger partial charge in [-0.3, -0.25) is 9.59 Å². The maximum absolute atomic E-state index is 12.3. The Kier molecular flexibility index (Phi) is 6.26. The van der Waals surface area contributed by atoms with E-state index in [1.807, 2.05) is 12.1 Å². The maximum atomic E-state index is 12.3. The van der Waals surface area contributed by atoms with Gasteiger partial charge in [0.1, 0.15) is 0 Å². The number of hydrogen-bond acceptors (Lipinski definition) is 5. The summed E-state index contributed by atoms with van der Waals surface area (Å²) in [5, 5.41) is 6.19. The summed E-state index contributed by atoms with van der Waals surface area (Å²) in [7, 11) is 0. The van der Waals surface area contributed by atoms with Crippen LogP contribution in [0.3, 0.4) is 0 Å². The molecule has 2 rings (SSSR count). The molecule has 0 aliphatic carbocycles. The fourth-order valence-corrected chi connectivity index (χ4v) is 2.74. The highest BCUT2D eigenvalue weighted by molar-refractivity contribution is 7.08. The predicted octanol–water partition coefficient (Wildman–Crippen LogP) is 2.85. The molecule has 6 heteroatoms. The van der Waals surface area contributed by atoms with Crippen molar-refractivity contribution in [2.24, 2.45) is 0 Å². The second-order valence-corrected chi connectivity index (χ2v) is 6.13. The lowest BCUT2D eigenvalue weighted by Crippen LogP contribution is -2.24. The number of esters is 1. The summed E-state index contributed by atoms with van der Waals surface area (Å²) in [5.74, 6) is -0.806. The zero-order chi connectivity index (χ0) is 17.5. The topological polar surface area (TPSA) is 72.5 Å². The first kappa shape index (κ1) is 17.9. The van der Waals surface area contributed by atoms with Crippen LogP contribution in [0.5, 0.6) is 0 Å². The van der Waals surface area contributed by atoms with Crippen molar-refractivity contribution < 1.29 is 19.1 Å². The SMILES string of the molecule is CC(=O)NCCc1ccc(C(=O)[C@@H](C)OC(=O)c2ccsc2)cc1. The molecule has 2 aromatic rings. The smallest absolute Gasteiger partial charge is 0.339 e. The largest absolute Gasteiger partial charge is 0.451 e. The van der Waals surface area contributed by atoms with Crippen LogP contribution in [0.1, 0.15) is 40.1 Å². The molecule has 126 valence electrons. The normalized spacial score (nSPS) is 11.6. The van der Waals surface area contributed by atoms with Crippen LogP contribution in [-0.4, -0.2) is 30.3 Å². The van der Waals surface area contributed by atoms with Gasteiger partial charge >= 0.3 is 5.97 Å². The van der Waals surface area contributed by atoms with Gasteiger partial charge in [-0.1, -0.05) is 24.3 Å². The van der Waals surface area contributed by atoms with E-state index in [2.05, 4.69) is 5.32 Å². The molecule has 0 saturated carbocycles. The van der Waals surface area contributed by atoms with Gasteiger partial charge in [-0.15, -0.1) is 0 Å². The minimum absolute atomic E-state index is 0.0666. The van der Waals surface area contributed by atoms with Crippen LogP contribution >= 0.6 is 11.3 Å². The zero-order valence-electron chi connectivity index (χ0n) is 13.6. The lowest BCUT2D eigenvalue weighted by molar-refractivity contribution is -0.118. The van der Waals surface area contributed by atoms with Crippen LogP contribution in [0.15, 0.2) is 41.1 Å². The van der Waals surface area contributed by atoms with Crippen molar-refractivity contribution in [2.75, 3.05) is 6.54 Å². The predicted molar refractivity (Wildman–Crippen MR) is 92.4 cm³/mol. The van der Waals surface area contributed by atoms with E-state index in [1.54, 1.807) is 35.9 Å². The molecule has 0 bridgehead atoms. The number of rotatable bonds is 7. The molecule has 1 aromatic heterocycles. The number of Topliss-reactive ketones (excluding diaryl/α,β-unsaturated/α-hetero) is 1. The molecular formula is C18H19NO4S. The molecule has 0 saturated heterocycles. The van der Waals surface area contributed by atoms with Crippen molar-refractivity contribution in [3.8, 4) is 0 Å². The second-order valence-electron chi connectivity index (χ2n) is 5.35. The highest BCUT2D eigenvalue weighted by atomic mass is 32.1. The molecule has 24 heavy (non-hydrogen) atoms. The average Bonchev–Trinajstić information content (AvgIpc) is 3.09. The molecule has 0 aliphatic rings. The number of nitrogens with one attached hydrogen (secondary N) is 1. The number of amides is 1. The van der Waals surface area contributed by atoms with Crippen molar-refractivity contribution in [1.29, 1.82) is 0 Å². The average molecular weight is 345 g/mol. The Morgan fingerprint density at radius 1 is 1.12 bits per heavy atom. The van der Waals surface area contributed by atoms with Crippen molar-refractivity contribution in [3.63, 3.8) is 0 Å². The van der Waals surface area contributed by atoms with Gasteiger partial charge in [0.2, 0.25) is 11.7 Å². The Labute approximate surface area is 144 Å². The van der Waals surface area contributed by atoms with Crippen LogP contribution in [-0.2, 0) is 16.0 Å². The fourth-order valence-electron chi connectivity index (χ4n) is 2.12. The Balaban J connectivity index is 1.91. The zero-order valence-corrected chi connectivity index (χ0v) is 14.4. The van der Waals surface area contributed by atoms with Crippen LogP contribution < -0.4 is 5.32 Å². The van der Waals surface area contributed by atoms with E-state index < -0.39 is 12.1 Å². The molecule has 1 amide bonds. The molecule has 1 atom stereocenters. The minimum atomic E-state index is -0.845. The van der Waals surface area contributed by atoms with E-state index >= 15 is 0 Å². The Hall–Kier alpha value is -2.47. The Morgan fingerprint density at radius 3 is 2.42 bits per heavy atom. The Bertz CT molecular complexity index is 707. The van der Waals surface area contributed by atoms with Crippen molar-refractivity contribution in [1.82, 2.24) is 5.32 Å². The minimum Gasteiger partial charge on any atom is -0.451 e. The quantitative estimate of drug-likeness (QED) is 0.619. The second kappa shape index (κ2) is 8.40. The van der Waals surface area contributed by atoms with Crippen molar-refractivity contribution in [3.05, 3.63) is 57.8 Å². The third-order valence-corrected chi connectivity index (χ3v) is 4.12. The van der Waals surface area contributed by atoms with Gasteiger partial charge in [0.25, 0.3) is 0 Å². The van der Waals surface area contributed by atoms with Gasteiger partial charge in [-0.2, -0.15) is 11.3 Å².